The van der Waals surface area contributed by atoms with Crippen molar-refractivity contribution >= 4 is 28.5 Å². The Kier molecular flexibility index (Phi) is 6.47. The Hall–Kier alpha value is -2.67. The Morgan fingerprint density at radius 3 is 2.63 bits per heavy atom. The van der Waals surface area contributed by atoms with Crippen LogP contribution in [0.15, 0.2) is 53.6 Å². The maximum atomic E-state index is 13.1. The van der Waals surface area contributed by atoms with E-state index in [1.165, 1.54) is 11.8 Å². The summed E-state index contributed by atoms with van der Waals surface area (Å²) >= 11 is 1.53. The smallest absolute Gasteiger partial charge is 0.255 e. The van der Waals surface area contributed by atoms with E-state index in [9.17, 15) is 4.79 Å². The Bertz CT molecular complexity index is 933. The van der Waals surface area contributed by atoms with Crippen LogP contribution in [0.4, 0.5) is 5.69 Å². The number of amidine groups is 1. The molecule has 0 aromatic heterocycles. The summed E-state index contributed by atoms with van der Waals surface area (Å²) in [5.74, 6) is 1.61. The molecular weight excluding hydrogens is 396 g/mol. The molecule has 2 aliphatic rings. The number of unbranched alkanes of at least 4 members (excludes halogenated alkanes) is 2. The number of ether oxygens (including phenoxy) is 1. The number of hydrogen-bond acceptors (Lipinski definition) is 6. The van der Waals surface area contributed by atoms with Gasteiger partial charge in [-0.25, -0.2) is 0 Å². The molecule has 30 heavy (non-hydrogen) atoms. The van der Waals surface area contributed by atoms with Crippen molar-refractivity contribution in [2.24, 2.45) is 5.10 Å². The Morgan fingerprint density at radius 1 is 1.07 bits per heavy atom. The third-order valence-corrected chi connectivity index (χ3v) is 6.01. The molecule has 2 N–H and O–H groups in total. The first-order valence-corrected chi connectivity index (χ1v) is 11.6. The van der Waals surface area contributed by atoms with Crippen LogP contribution in [-0.4, -0.2) is 28.4 Å². The number of carbonyl (C=O) groups is 1. The maximum absolute atomic E-state index is 13.1. The zero-order valence-corrected chi connectivity index (χ0v) is 18.2. The van der Waals surface area contributed by atoms with Crippen LogP contribution in [0.5, 0.6) is 5.75 Å². The van der Waals surface area contributed by atoms with Crippen molar-refractivity contribution in [1.29, 1.82) is 0 Å². The van der Waals surface area contributed by atoms with Crippen LogP contribution in [0.1, 0.15) is 56.4 Å². The molecule has 2 aliphatic heterocycles. The second-order valence-electron chi connectivity index (χ2n) is 7.34. The molecule has 2 aromatic rings. The van der Waals surface area contributed by atoms with Crippen molar-refractivity contribution in [1.82, 2.24) is 10.3 Å². The zero-order chi connectivity index (χ0) is 20.9. The molecule has 0 fully saturated rings. The van der Waals surface area contributed by atoms with Gasteiger partial charge in [0.1, 0.15) is 11.9 Å². The van der Waals surface area contributed by atoms with Gasteiger partial charge in [0.15, 0.2) is 11.2 Å². The highest BCUT2D eigenvalue weighted by molar-refractivity contribution is 8.13. The molecule has 2 atom stereocenters. The normalized spacial score (nSPS) is 19.9. The Labute approximate surface area is 182 Å². The number of nitrogens with one attached hydrogen (secondary N) is 2. The van der Waals surface area contributed by atoms with Gasteiger partial charge in [-0.15, -0.1) is 5.10 Å². The molecule has 2 heterocycles. The Morgan fingerprint density at radius 2 is 1.83 bits per heavy atom. The Balaban J connectivity index is 1.72. The van der Waals surface area contributed by atoms with Crippen molar-refractivity contribution < 1.29 is 9.53 Å². The first kappa shape index (κ1) is 20.6. The predicted octanol–water partition coefficient (Wildman–Crippen LogP) is 4.88. The summed E-state index contributed by atoms with van der Waals surface area (Å²) in [6, 6.07) is 15.5. The minimum absolute atomic E-state index is 0.0544. The van der Waals surface area contributed by atoms with Gasteiger partial charge in [-0.2, -0.15) is 0 Å². The number of anilines is 1. The van der Waals surface area contributed by atoms with Crippen molar-refractivity contribution in [3.8, 4) is 5.75 Å². The van der Waals surface area contributed by atoms with Crippen molar-refractivity contribution in [2.45, 2.75) is 45.3 Å². The molecule has 1 amide bonds. The molecular formula is C23H28N4O2S. The van der Waals surface area contributed by atoms with Crippen LogP contribution in [0.2, 0.25) is 0 Å². The van der Waals surface area contributed by atoms with Crippen LogP contribution in [-0.2, 0) is 4.79 Å². The van der Waals surface area contributed by atoms with Gasteiger partial charge in [-0.3, -0.25) is 9.80 Å². The fraction of sp³-hybridized carbons (Fsp3) is 0.391. The zero-order valence-electron chi connectivity index (χ0n) is 17.4. The summed E-state index contributed by atoms with van der Waals surface area (Å²) in [4.78, 5) is 13.1. The van der Waals surface area contributed by atoms with E-state index in [1.807, 2.05) is 60.5 Å². The van der Waals surface area contributed by atoms with Gasteiger partial charge < -0.3 is 15.4 Å². The van der Waals surface area contributed by atoms with Gasteiger partial charge in [-0.1, -0.05) is 74.8 Å². The number of fused-ring (bicyclic) bond motifs is 3. The molecule has 4 rings (SSSR count). The van der Waals surface area contributed by atoms with Gasteiger partial charge in [0.05, 0.1) is 6.61 Å². The molecule has 0 saturated carbocycles. The monoisotopic (exact) mass is 424 g/mol. The lowest BCUT2D eigenvalue weighted by molar-refractivity contribution is -0.127. The van der Waals surface area contributed by atoms with E-state index in [0.29, 0.717) is 11.8 Å². The number of para-hydroxylation sites is 2. The van der Waals surface area contributed by atoms with Gasteiger partial charge in [0.2, 0.25) is 0 Å². The molecule has 158 valence electrons. The summed E-state index contributed by atoms with van der Waals surface area (Å²) < 4.78 is 6.14. The largest absolute Gasteiger partial charge is 0.493 e. The number of nitrogens with zero attached hydrogens (tertiary/aromatic N) is 2. The van der Waals surface area contributed by atoms with E-state index in [1.54, 1.807) is 0 Å². The second kappa shape index (κ2) is 9.43. The summed E-state index contributed by atoms with van der Waals surface area (Å²) in [6.45, 7) is 4.91. The van der Waals surface area contributed by atoms with Crippen LogP contribution < -0.4 is 15.4 Å². The first-order valence-electron chi connectivity index (χ1n) is 10.6. The first-order chi connectivity index (χ1) is 14.7. The third-order valence-electron chi connectivity index (χ3n) is 5.26. The number of carbonyl (C=O) groups excluding carboxylic acids is 1. The highest BCUT2D eigenvalue weighted by Crippen LogP contribution is 2.44. The highest BCUT2D eigenvalue weighted by atomic mass is 32.2. The van der Waals surface area contributed by atoms with E-state index in [0.717, 1.165) is 47.6 Å². The van der Waals surface area contributed by atoms with Crippen LogP contribution in [0, 0.1) is 0 Å². The number of rotatable bonds is 7. The molecule has 0 bridgehead atoms. The number of amides is 1. The quantitative estimate of drug-likeness (QED) is 0.621. The molecule has 7 heteroatoms. The molecule has 0 saturated heterocycles. The van der Waals surface area contributed by atoms with Crippen molar-refractivity contribution in [3.63, 3.8) is 0 Å². The van der Waals surface area contributed by atoms with Crippen molar-refractivity contribution in [3.05, 3.63) is 59.7 Å². The minimum Gasteiger partial charge on any atom is -0.493 e. The highest BCUT2D eigenvalue weighted by Gasteiger charge is 2.42. The van der Waals surface area contributed by atoms with Gasteiger partial charge in [-0.05, 0) is 24.3 Å². The average molecular weight is 425 g/mol. The average Bonchev–Trinajstić information content (AvgIpc) is 2.76. The molecule has 0 spiro atoms. The van der Waals surface area contributed by atoms with E-state index in [-0.39, 0.29) is 12.1 Å². The molecule has 2 aromatic carbocycles. The molecule has 6 nitrogen and oxygen atoms in total. The number of hydrazone groups is 1. The summed E-state index contributed by atoms with van der Waals surface area (Å²) in [6.07, 6.45) is 3.03. The van der Waals surface area contributed by atoms with Gasteiger partial charge in [0, 0.05) is 16.8 Å². The third kappa shape index (κ3) is 4.12. The summed E-state index contributed by atoms with van der Waals surface area (Å²) in [5.41, 5.74) is 2.85. The molecule has 0 radical (unpaired) electrons. The maximum Gasteiger partial charge on any atom is 0.255 e. The van der Waals surface area contributed by atoms with Gasteiger partial charge in [0.25, 0.3) is 5.91 Å². The van der Waals surface area contributed by atoms with Crippen LogP contribution in [0.25, 0.3) is 0 Å². The SMILES string of the molecule is CCCCCOc1ccccc1[C@H]1Nc2ccccc2[C@@H]2C(=O)NC(SCC)=NN12. The topological polar surface area (TPSA) is 66.0 Å². The molecule has 0 aliphatic carbocycles. The number of hydrogen-bond donors (Lipinski definition) is 2. The lowest BCUT2D eigenvalue weighted by Crippen LogP contribution is -2.51. The van der Waals surface area contributed by atoms with E-state index in [2.05, 4.69) is 17.6 Å². The van der Waals surface area contributed by atoms with Crippen LogP contribution in [0.3, 0.4) is 0 Å². The molecule has 0 unspecified atom stereocenters. The summed E-state index contributed by atoms with van der Waals surface area (Å²) in [5, 5.41) is 13.9. The van der Waals surface area contributed by atoms with E-state index >= 15 is 0 Å². The number of benzene rings is 2. The predicted molar refractivity (Wildman–Crippen MR) is 123 cm³/mol. The second-order valence-corrected chi connectivity index (χ2v) is 8.59. The van der Waals surface area contributed by atoms with Crippen molar-refractivity contribution in [2.75, 3.05) is 17.7 Å². The van der Waals surface area contributed by atoms with Crippen LogP contribution >= 0.6 is 11.8 Å². The minimum atomic E-state index is -0.484. The lowest BCUT2D eigenvalue weighted by atomic mass is 9.97. The summed E-state index contributed by atoms with van der Waals surface area (Å²) in [7, 11) is 0. The standard InChI is InChI=1S/C23H28N4O2S/c1-3-5-10-15-29-19-14-9-7-12-17(19)21-24-18-13-8-6-11-16(18)20-22(28)25-23(30-4-2)26-27(20)21/h6-9,11-14,20-21,24H,3-5,10,15H2,1-2H3,(H,25,26,28)/t20-,21+/m1/s1. The van der Waals surface area contributed by atoms with E-state index < -0.39 is 6.04 Å². The fourth-order valence-corrected chi connectivity index (χ4v) is 4.44. The van der Waals surface area contributed by atoms with E-state index in [4.69, 9.17) is 9.84 Å². The number of thioether (sulfide) groups is 1. The van der Waals surface area contributed by atoms with Gasteiger partial charge >= 0.3 is 0 Å². The lowest BCUT2D eigenvalue weighted by Gasteiger charge is -2.44. The fourth-order valence-electron chi connectivity index (χ4n) is 3.85.